The van der Waals surface area contributed by atoms with Gasteiger partial charge in [-0.25, -0.2) is 0 Å². The fourth-order valence-corrected chi connectivity index (χ4v) is 1.90. The van der Waals surface area contributed by atoms with Crippen LogP contribution in [0.15, 0.2) is 0 Å². The van der Waals surface area contributed by atoms with Crippen molar-refractivity contribution in [2.75, 3.05) is 7.11 Å². The maximum Gasteiger partial charge on any atom is 0.148 e. The van der Waals surface area contributed by atoms with Gasteiger partial charge in [0.25, 0.3) is 0 Å². The van der Waals surface area contributed by atoms with Crippen LogP contribution < -0.4 is 5.73 Å². The summed E-state index contributed by atoms with van der Waals surface area (Å²) in [6, 6.07) is -0.00564. The Morgan fingerprint density at radius 1 is 1.50 bits per heavy atom. The van der Waals surface area contributed by atoms with Crippen molar-refractivity contribution >= 4 is 11.3 Å². The summed E-state index contributed by atoms with van der Waals surface area (Å²) in [7, 11) is 1.67. The predicted molar refractivity (Wildman–Crippen MR) is 57.2 cm³/mol. The summed E-state index contributed by atoms with van der Waals surface area (Å²) < 4.78 is 5.32. The van der Waals surface area contributed by atoms with Crippen molar-refractivity contribution in [2.24, 2.45) is 5.73 Å². The molecule has 4 nitrogen and oxygen atoms in total. The fraction of sp³-hybridized carbons (Fsp3) is 0.778. The molecule has 0 spiro atoms. The lowest BCUT2D eigenvalue weighted by atomic mass is 10.1. The van der Waals surface area contributed by atoms with Crippen molar-refractivity contribution in [3.05, 3.63) is 10.0 Å². The Hall–Kier alpha value is -0.520. The van der Waals surface area contributed by atoms with Gasteiger partial charge in [0, 0.05) is 7.11 Å². The molecule has 0 fully saturated rings. The van der Waals surface area contributed by atoms with Crippen LogP contribution in [0.25, 0.3) is 0 Å². The molecule has 0 aliphatic rings. The van der Waals surface area contributed by atoms with Gasteiger partial charge in [-0.1, -0.05) is 18.3 Å². The van der Waals surface area contributed by atoms with Gasteiger partial charge in [0.1, 0.15) is 15.6 Å². The van der Waals surface area contributed by atoms with E-state index >= 15 is 0 Å². The normalized spacial score (nSPS) is 14.4. The molecule has 2 N–H and O–H groups in total. The quantitative estimate of drug-likeness (QED) is 0.832. The van der Waals surface area contributed by atoms with Gasteiger partial charge in [0.05, 0.1) is 6.04 Å². The van der Waals surface area contributed by atoms with Crippen molar-refractivity contribution in [1.29, 1.82) is 0 Å². The first kappa shape index (κ1) is 11.6. The van der Waals surface area contributed by atoms with E-state index in [1.807, 2.05) is 20.8 Å². The smallest absolute Gasteiger partial charge is 0.148 e. The van der Waals surface area contributed by atoms with Gasteiger partial charge < -0.3 is 10.5 Å². The number of rotatable bonds is 4. The number of ether oxygens (including phenoxy) is 1. The standard InChI is InChI=1S/C9H17N3OS/c1-5-6(10)7-11-12-8(14-7)9(2,3)13-4/h6H,5,10H2,1-4H3. The SMILES string of the molecule is CCC(N)c1nnc(C(C)(C)OC)s1. The highest BCUT2D eigenvalue weighted by atomic mass is 32.1. The second kappa shape index (κ2) is 4.33. The molecular formula is C9H17N3OS. The predicted octanol–water partition coefficient (Wildman–Crippen LogP) is 1.83. The van der Waals surface area contributed by atoms with E-state index < -0.39 is 0 Å². The first-order valence-corrected chi connectivity index (χ1v) is 5.47. The molecule has 0 radical (unpaired) electrons. The van der Waals surface area contributed by atoms with E-state index in [9.17, 15) is 0 Å². The number of nitrogens with two attached hydrogens (primary N) is 1. The molecule has 0 aromatic carbocycles. The Kier molecular flexibility index (Phi) is 3.58. The zero-order valence-corrected chi connectivity index (χ0v) is 9.89. The minimum atomic E-state index is -0.372. The first-order chi connectivity index (χ1) is 6.51. The second-order valence-corrected chi connectivity index (χ2v) is 4.68. The Labute approximate surface area is 88.5 Å². The maximum atomic E-state index is 5.86. The molecule has 1 rings (SSSR count). The maximum absolute atomic E-state index is 5.86. The number of methoxy groups -OCH3 is 1. The molecule has 1 unspecified atom stereocenters. The molecule has 80 valence electrons. The van der Waals surface area contributed by atoms with E-state index in [0.717, 1.165) is 16.4 Å². The fourth-order valence-electron chi connectivity index (χ4n) is 0.890. The van der Waals surface area contributed by atoms with Crippen molar-refractivity contribution < 1.29 is 4.74 Å². The molecule has 1 aromatic heterocycles. The zero-order chi connectivity index (χ0) is 10.8. The van der Waals surface area contributed by atoms with Crippen molar-refractivity contribution in [3.63, 3.8) is 0 Å². The lowest BCUT2D eigenvalue weighted by Gasteiger charge is -2.18. The lowest BCUT2D eigenvalue weighted by molar-refractivity contribution is 0.0185. The average Bonchev–Trinajstić information content (AvgIpc) is 2.66. The number of aromatic nitrogens is 2. The molecule has 0 aliphatic heterocycles. The summed E-state index contributed by atoms with van der Waals surface area (Å²) in [5.74, 6) is 0. The third kappa shape index (κ3) is 2.29. The van der Waals surface area contributed by atoms with Crippen molar-refractivity contribution in [1.82, 2.24) is 10.2 Å². The second-order valence-electron chi connectivity index (χ2n) is 3.67. The highest BCUT2D eigenvalue weighted by molar-refractivity contribution is 7.11. The summed E-state index contributed by atoms with van der Waals surface area (Å²) in [5.41, 5.74) is 5.49. The topological polar surface area (TPSA) is 61.0 Å². The van der Waals surface area contributed by atoms with Crippen LogP contribution in [0.1, 0.15) is 43.2 Å². The van der Waals surface area contributed by atoms with Crippen LogP contribution in [-0.4, -0.2) is 17.3 Å². The largest absolute Gasteiger partial charge is 0.372 e. The van der Waals surface area contributed by atoms with Crippen LogP contribution in [0.2, 0.25) is 0 Å². The van der Waals surface area contributed by atoms with Gasteiger partial charge in [0.2, 0.25) is 0 Å². The molecule has 0 saturated heterocycles. The van der Waals surface area contributed by atoms with Gasteiger partial charge >= 0.3 is 0 Å². The van der Waals surface area contributed by atoms with Gasteiger partial charge in [-0.3, -0.25) is 0 Å². The van der Waals surface area contributed by atoms with E-state index in [1.54, 1.807) is 7.11 Å². The van der Waals surface area contributed by atoms with Gasteiger partial charge in [-0.2, -0.15) is 0 Å². The van der Waals surface area contributed by atoms with Crippen molar-refractivity contribution in [3.8, 4) is 0 Å². The zero-order valence-electron chi connectivity index (χ0n) is 9.07. The summed E-state index contributed by atoms with van der Waals surface area (Å²) in [6.07, 6.45) is 0.877. The van der Waals surface area contributed by atoms with E-state index in [2.05, 4.69) is 10.2 Å². The first-order valence-electron chi connectivity index (χ1n) is 4.66. The molecule has 5 heteroatoms. The van der Waals surface area contributed by atoms with Crippen LogP contribution in [0.4, 0.5) is 0 Å². The van der Waals surface area contributed by atoms with Gasteiger partial charge in [0.15, 0.2) is 0 Å². The minimum Gasteiger partial charge on any atom is -0.372 e. The monoisotopic (exact) mass is 215 g/mol. The van der Waals surface area contributed by atoms with Crippen LogP contribution >= 0.6 is 11.3 Å². The molecule has 1 heterocycles. The molecule has 0 saturated carbocycles. The Morgan fingerprint density at radius 3 is 2.64 bits per heavy atom. The molecule has 14 heavy (non-hydrogen) atoms. The Bertz CT molecular complexity index is 298. The van der Waals surface area contributed by atoms with Crippen LogP contribution in [-0.2, 0) is 10.3 Å². The number of nitrogens with zero attached hydrogens (tertiary/aromatic N) is 2. The molecule has 0 amide bonds. The van der Waals surface area contributed by atoms with E-state index in [1.165, 1.54) is 11.3 Å². The van der Waals surface area contributed by atoms with Crippen LogP contribution in [0.3, 0.4) is 0 Å². The van der Waals surface area contributed by atoms with E-state index in [0.29, 0.717) is 0 Å². The molecule has 0 aliphatic carbocycles. The van der Waals surface area contributed by atoms with E-state index in [-0.39, 0.29) is 11.6 Å². The van der Waals surface area contributed by atoms with Crippen LogP contribution in [0, 0.1) is 0 Å². The summed E-state index contributed by atoms with van der Waals surface area (Å²) in [5, 5.41) is 9.91. The third-order valence-electron chi connectivity index (χ3n) is 2.22. The van der Waals surface area contributed by atoms with Gasteiger partial charge in [-0.05, 0) is 20.3 Å². The average molecular weight is 215 g/mol. The Balaban J connectivity index is 2.88. The van der Waals surface area contributed by atoms with Gasteiger partial charge in [-0.15, -0.1) is 10.2 Å². The Morgan fingerprint density at radius 2 is 2.14 bits per heavy atom. The molecule has 1 atom stereocenters. The summed E-state index contributed by atoms with van der Waals surface area (Å²) in [6.45, 7) is 5.97. The number of hydrogen-bond donors (Lipinski definition) is 1. The van der Waals surface area contributed by atoms with Crippen molar-refractivity contribution in [2.45, 2.75) is 38.8 Å². The number of hydrogen-bond acceptors (Lipinski definition) is 5. The lowest BCUT2D eigenvalue weighted by Crippen LogP contribution is -2.18. The highest BCUT2D eigenvalue weighted by Gasteiger charge is 2.25. The van der Waals surface area contributed by atoms with Crippen LogP contribution in [0.5, 0.6) is 0 Å². The summed E-state index contributed by atoms with van der Waals surface area (Å²) in [4.78, 5) is 0. The summed E-state index contributed by atoms with van der Waals surface area (Å²) >= 11 is 1.52. The minimum absolute atomic E-state index is 0.00564. The molecule has 0 bridgehead atoms. The highest BCUT2D eigenvalue weighted by Crippen LogP contribution is 2.29. The molecular weight excluding hydrogens is 198 g/mol. The third-order valence-corrected chi connectivity index (χ3v) is 3.58. The van der Waals surface area contributed by atoms with E-state index in [4.69, 9.17) is 10.5 Å². The molecule has 1 aromatic rings.